The van der Waals surface area contributed by atoms with Gasteiger partial charge in [0, 0.05) is 20.3 Å². The molecule has 1 aliphatic rings. The first kappa shape index (κ1) is 15.3. The largest absolute Gasteiger partial charge is 0.503 e. The summed E-state index contributed by atoms with van der Waals surface area (Å²) in [6.45, 7) is 2.31. The molecule has 0 aromatic heterocycles. The summed E-state index contributed by atoms with van der Waals surface area (Å²) in [5, 5.41) is 10.0. The maximum atomic E-state index is 12.2. The second kappa shape index (κ2) is 6.54. The Kier molecular flexibility index (Phi) is 4.75. The van der Waals surface area contributed by atoms with Gasteiger partial charge < -0.3 is 14.7 Å². The molecule has 1 N–H and O–H groups in total. The summed E-state index contributed by atoms with van der Waals surface area (Å²) >= 11 is 0. The molecule has 0 saturated heterocycles. The van der Waals surface area contributed by atoms with E-state index in [1.54, 1.807) is 7.11 Å². The number of hydrogen-bond donors (Lipinski definition) is 1. The van der Waals surface area contributed by atoms with Gasteiger partial charge in [-0.15, -0.1) is 0 Å². The molecule has 1 aromatic rings. The minimum absolute atomic E-state index is 0.170. The summed E-state index contributed by atoms with van der Waals surface area (Å²) in [6, 6.07) is 8.74. The number of rotatable bonds is 6. The topological polar surface area (TPSA) is 66.8 Å². The van der Waals surface area contributed by atoms with Crippen molar-refractivity contribution >= 4 is 11.7 Å². The number of amides is 1. The second-order valence-electron chi connectivity index (χ2n) is 4.98. The molecule has 1 amide bonds. The standard InChI is InChI=1S/C16H19NO4/c1-11(18)13-14(12-7-4-3-5-8-12)17(9-6-10-21-2)16(20)15(13)19/h3-5,7-8,14,19H,6,9-10H2,1-2H3/t14-/m1/s1. The highest BCUT2D eigenvalue weighted by Crippen LogP contribution is 2.37. The van der Waals surface area contributed by atoms with Crippen LogP contribution in [-0.2, 0) is 14.3 Å². The zero-order chi connectivity index (χ0) is 15.4. The molecule has 0 radical (unpaired) electrons. The normalized spacial score (nSPS) is 18.5. The Labute approximate surface area is 123 Å². The van der Waals surface area contributed by atoms with Crippen molar-refractivity contribution in [1.29, 1.82) is 0 Å². The molecule has 0 saturated carbocycles. The SMILES string of the molecule is COCCCN1C(=O)C(O)=C(C(C)=O)[C@H]1c1ccccc1. The number of nitrogens with zero attached hydrogens (tertiary/aromatic N) is 1. The lowest BCUT2D eigenvalue weighted by atomic mass is 9.97. The highest BCUT2D eigenvalue weighted by molar-refractivity contribution is 6.08. The van der Waals surface area contributed by atoms with Crippen molar-refractivity contribution in [2.24, 2.45) is 0 Å². The first-order valence-corrected chi connectivity index (χ1v) is 6.86. The molecule has 112 valence electrons. The van der Waals surface area contributed by atoms with Crippen LogP contribution in [0.15, 0.2) is 41.7 Å². The molecule has 21 heavy (non-hydrogen) atoms. The maximum absolute atomic E-state index is 12.2. The summed E-state index contributed by atoms with van der Waals surface area (Å²) in [7, 11) is 1.59. The van der Waals surface area contributed by atoms with E-state index < -0.39 is 17.7 Å². The molecule has 1 aromatic carbocycles. The first-order chi connectivity index (χ1) is 10.1. The monoisotopic (exact) mass is 289 g/mol. The first-order valence-electron chi connectivity index (χ1n) is 6.86. The van der Waals surface area contributed by atoms with Gasteiger partial charge in [0.15, 0.2) is 11.5 Å². The van der Waals surface area contributed by atoms with Crippen molar-refractivity contribution in [2.45, 2.75) is 19.4 Å². The smallest absolute Gasteiger partial charge is 0.290 e. The van der Waals surface area contributed by atoms with Crippen LogP contribution in [-0.4, -0.2) is 42.0 Å². The van der Waals surface area contributed by atoms with E-state index in [0.717, 1.165) is 5.56 Å². The number of Topliss-reactive ketones (excluding diaryl/α,β-unsaturated/α-hetero) is 1. The van der Waals surface area contributed by atoms with Gasteiger partial charge in [-0.1, -0.05) is 30.3 Å². The van der Waals surface area contributed by atoms with Crippen LogP contribution < -0.4 is 0 Å². The lowest BCUT2D eigenvalue weighted by Gasteiger charge is -2.26. The van der Waals surface area contributed by atoms with Crippen LogP contribution in [0.1, 0.15) is 24.9 Å². The van der Waals surface area contributed by atoms with Crippen molar-refractivity contribution in [1.82, 2.24) is 4.90 Å². The van der Waals surface area contributed by atoms with E-state index in [9.17, 15) is 14.7 Å². The molecule has 1 heterocycles. The number of ether oxygens (including phenoxy) is 1. The summed E-state index contributed by atoms with van der Waals surface area (Å²) in [4.78, 5) is 25.6. The molecule has 5 nitrogen and oxygen atoms in total. The van der Waals surface area contributed by atoms with Crippen molar-refractivity contribution in [2.75, 3.05) is 20.3 Å². The molecule has 0 unspecified atom stereocenters. The third kappa shape index (κ3) is 2.97. The van der Waals surface area contributed by atoms with Crippen LogP contribution in [0, 0.1) is 0 Å². The summed E-state index contributed by atoms with van der Waals surface area (Å²) in [5.41, 5.74) is 0.987. The number of ketones is 1. The third-order valence-electron chi connectivity index (χ3n) is 3.55. The van der Waals surface area contributed by atoms with Crippen LogP contribution in [0.4, 0.5) is 0 Å². The van der Waals surface area contributed by atoms with E-state index in [1.807, 2.05) is 30.3 Å². The molecule has 1 aliphatic heterocycles. The molecule has 0 aliphatic carbocycles. The molecule has 1 atom stereocenters. The highest BCUT2D eigenvalue weighted by atomic mass is 16.5. The fourth-order valence-corrected chi connectivity index (χ4v) is 2.60. The number of benzene rings is 1. The Morgan fingerprint density at radius 1 is 1.33 bits per heavy atom. The van der Waals surface area contributed by atoms with E-state index in [2.05, 4.69) is 0 Å². The van der Waals surface area contributed by atoms with E-state index in [-0.39, 0.29) is 11.4 Å². The van der Waals surface area contributed by atoms with E-state index >= 15 is 0 Å². The van der Waals surface area contributed by atoms with E-state index in [1.165, 1.54) is 11.8 Å². The molecule has 0 fully saturated rings. The van der Waals surface area contributed by atoms with E-state index in [0.29, 0.717) is 19.6 Å². The van der Waals surface area contributed by atoms with Gasteiger partial charge in [0.25, 0.3) is 5.91 Å². The maximum Gasteiger partial charge on any atom is 0.290 e. The predicted molar refractivity (Wildman–Crippen MR) is 77.7 cm³/mol. The van der Waals surface area contributed by atoms with Crippen LogP contribution in [0.25, 0.3) is 0 Å². The van der Waals surface area contributed by atoms with Crippen molar-refractivity contribution < 1.29 is 19.4 Å². The molecular weight excluding hydrogens is 270 g/mol. The minimum Gasteiger partial charge on any atom is -0.503 e. The quantitative estimate of drug-likeness (QED) is 0.813. The number of methoxy groups -OCH3 is 1. The lowest BCUT2D eigenvalue weighted by Crippen LogP contribution is -2.32. The highest BCUT2D eigenvalue weighted by Gasteiger charge is 2.41. The van der Waals surface area contributed by atoms with Crippen LogP contribution in [0.3, 0.4) is 0 Å². The molecule has 0 bridgehead atoms. The van der Waals surface area contributed by atoms with Gasteiger partial charge in [0.2, 0.25) is 0 Å². The Bertz CT molecular complexity index is 565. The zero-order valence-electron chi connectivity index (χ0n) is 12.2. The number of aliphatic hydroxyl groups excluding tert-OH is 1. The fourth-order valence-electron chi connectivity index (χ4n) is 2.60. The third-order valence-corrected chi connectivity index (χ3v) is 3.55. The van der Waals surface area contributed by atoms with Gasteiger partial charge >= 0.3 is 0 Å². The summed E-state index contributed by atoms with van der Waals surface area (Å²) in [5.74, 6) is -1.22. The Hall–Kier alpha value is -2.14. The summed E-state index contributed by atoms with van der Waals surface area (Å²) < 4.78 is 5.00. The van der Waals surface area contributed by atoms with E-state index in [4.69, 9.17) is 4.74 Å². The number of carbonyl (C=O) groups excluding carboxylic acids is 2. The van der Waals surface area contributed by atoms with Crippen molar-refractivity contribution in [3.8, 4) is 0 Å². The van der Waals surface area contributed by atoms with Gasteiger partial charge in [-0.2, -0.15) is 0 Å². The average Bonchev–Trinajstić information content (AvgIpc) is 2.73. The second-order valence-corrected chi connectivity index (χ2v) is 4.98. The zero-order valence-corrected chi connectivity index (χ0v) is 12.2. The fraction of sp³-hybridized carbons (Fsp3) is 0.375. The van der Waals surface area contributed by atoms with Crippen molar-refractivity contribution in [3.63, 3.8) is 0 Å². The Balaban J connectivity index is 2.37. The number of carbonyl (C=O) groups is 2. The van der Waals surface area contributed by atoms with Crippen LogP contribution >= 0.6 is 0 Å². The molecule has 5 heteroatoms. The lowest BCUT2D eigenvalue weighted by molar-refractivity contribution is -0.129. The minimum atomic E-state index is -0.520. The molecule has 2 rings (SSSR count). The molecule has 0 spiro atoms. The van der Waals surface area contributed by atoms with Gasteiger partial charge in [-0.05, 0) is 18.9 Å². The van der Waals surface area contributed by atoms with Gasteiger partial charge in [0.05, 0.1) is 11.6 Å². The predicted octanol–water partition coefficient (Wildman–Crippen LogP) is 2.01. The Morgan fingerprint density at radius 2 is 2.00 bits per heavy atom. The Morgan fingerprint density at radius 3 is 2.57 bits per heavy atom. The summed E-state index contributed by atoms with van der Waals surface area (Å²) in [6.07, 6.45) is 0.643. The van der Waals surface area contributed by atoms with Crippen molar-refractivity contribution in [3.05, 3.63) is 47.2 Å². The van der Waals surface area contributed by atoms with Gasteiger partial charge in [-0.3, -0.25) is 9.59 Å². The van der Waals surface area contributed by atoms with Crippen LogP contribution in [0.5, 0.6) is 0 Å². The number of aliphatic hydroxyl groups is 1. The number of hydrogen-bond acceptors (Lipinski definition) is 4. The van der Waals surface area contributed by atoms with Gasteiger partial charge in [0.1, 0.15) is 0 Å². The average molecular weight is 289 g/mol. The van der Waals surface area contributed by atoms with Crippen LogP contribution in [0.2, 0.25) is 0 Å². The molecular formula is C16H19NO4. The van der Waals surface area contributed by atoms with Gasteiger partial charge in [-0.25, -0.2) is 0 Å².